The summed E-state index contributed by atoms with van der Waals surface area (Å²) in [7, 11) is 0. The number of benzene rings is 3. The van der Waals surface area contributed by atoms with Crippen LogP contribution in [0.15, 0.2) is 91.2 Å². The van der Waals surface area contributed by atoms with E-state index >= 15 is 0 Å². The molecule has 5 nitrogen and oxygen atoms in total. The van der Waals surface area contributed by atoms with Crippen molar-refractivity contribution in [3.05, 3.63) is 115 Å². The first-order chi connectivity index (χ1) is 15.1. The maximum absolute atomic E-state index is 13.1. The van der Waals surface area contributed by atoms with Crippen molar-refractivity contribution in [2.75, 3.05) is 0 Å². The highest BCUT2D eigenvalue weighted by molar-refractivity contribution is 6.30. The zero-order chi connectivity index (χ0) is 21.1. The summed E-state index contributed by atoms with van der Waals surface area (Å²) in [6.07, 6.45) is 0. The van der Waals surface area contributed by atoms with Crippen LogP contribution in [-0.4, -0.2) is 0 Å². The summed E-state index contributed by atoms with van der Waals surface area (Å²) in [4.78, 5) is 26.2. The molecule has 0 unspecified atom stereocenters. The molecular weight excluding hydrogens is 416 g/mol. The Bertz CT molecular complexity index is 1510. The number of halogens is 1. The molecule has 0 aliphatic carbocycles. The molecule has 0 N–H and O–H groups in total. The van der Waals surface area contributed by atoms with Crippen molar-refractivity contribution in [1.29, 1.82) is 0 Å². The Kier molecular flexibility index (Phi) is 3.82. The fourth-order valence-corrected chi connectivity index (χ4v) is 4.35. The highest BCUT2D eigenvalue weighted by atomic mass is 35.5. The molecule has 6 heteroatoms. The minimum atomic E-state index is -0.724. The van der Waals surface area contributed by atoms with Gasteiger partial charge in [-0.2, -0.15) is 0 Å². The van der Waals surface area contributed by atoms with Crippen molar-refractivity contribution in [2.45, 2.75) is 5.92 Å². The predicted octanol–water partition coefficient (Wildman–Crippen LogP) is 5.84. The molecule has 0 atom stereocenters. The number of fused-ring (bicyclic) bond motifs is 6. The maximum Gasteiger partial charge on any atom is 0.344 e. The first kappa shape index (κ1) is 18.0. The van der Waals surface area contributed by atoms with Crippen molar-refractivity contribution in [3.8, 4) is 11.5 Å². The van der Waals surface area contributed by atoms with Gasteiger partial charge in [0.2, 0.25) is 0 Å². The number of para-hydroxylation sites is 2. The van der Waals surface area contributed by atoms with Crippen LogP contribution in [0.3, 0.4) is 0 Å². The third-order valence-electron chi connectivity index (χ3n) is 5.58. The minimum absolute atomic E-state index is 0.260. The van der Waals surface area contributed by atoms with E-state index in [4.69, 9.17) is 25.2 Å². The molecule has 0 fully saturated rings. The molecule has 2 aromatic heterocycles. The van der Waals surface area contributed by atoms with E-state index in [1.807, 2.05) is 24.3 Å². The second-order valence-electron chi connectivity index (χ2n) is 7.34. The Morgan fingerprint density at radius 3 is 1.65 bits per heavy atom. The Morgan fingerprint density at radius 1 is 0.645 bits per heavy atom. The zero-order valence-corrected chi connectivity index (χ0v) is 16.7. The molecule has 0 amide bonds. The van der Waals surface area contributed by atoms with Crippen molar-refractivity contribution in [3.63, 3.8) is 0 Å². The van der Waals surface area contributed by atoms with Gasteiger partial charge in [-0.05, 0) is 42.0 Å². The number of rotatable bonds is 1. The molecule has 0 bridgehead atoms. The van der Waals surface area contributed by atoms with E-state index in [1.165, 1.54) is 0 Å². The van der Waals surface area contributed by atoms with Gasteiger partial charge < -0.3 is 13.6 Å². The molecule has 31 heavy (non-hydrogen) atoms. The average Bonchev–Trinajstić information content (AvgIpc) is 2.79. The predicted molar refractivity (Wildman–Crippen MR) is 117 cm³/mol. The van der Waals surface area contributed by atoms with Crippen LogP contribution < -0.4 is 16.0 Å². The third-order valence-corrected chi connectivity index (χ3v) is 5.83. The van der Waals surface area contributed by atoms with Crippen LogP contribution in [0.4, 0.5) is 0 Å². The zero-order valence-electron chi connectivity index (χ0n) is 15.9. The molecule has 1 aliphatic rings. The summed E-state index contributed by atoms with van der Waals surface area (Å²) >= 11 is 6.08. The van der Waals surface area contributed by atoms with Crippen LogP contribution in [0.2, 0.25) is 5.02 Å². The van der Waals surface area contributed by atoms with E-state index in [0.29, 0.717) is 44.0 Å². The van der Waals surface area contributed by atoms with Gasteiger partial charge in [-0.25, -0.2) is 9.59 Å². The summed E-state index contributed by atoms with van der Waals surface area (Å²) in [6, 6.07) is 21.4. The van der Waals surface area contributed by atoms with Gasteiger partial charge in [0.1, 0.15) is 22.7 Å². The van der Waals surface area contributed by atoms with Gasteiger partial charge >= 0.3 is 11.3 Å². The van der Waals surface area contributed by atoms with Gasteiger partial charge in [0.15, 0.2) is 0 Å². The topological polar surface area (TPSA) is 69.7 Å². The van der Waals surface area contributed by atoms with Crippen LogP contribution in [0.1, 0.15) is 22.6 Å². The first-order valence-corrected chi connectivity index (χ1v) is 10.0. The largest absolute Gasteiger partial charge is 0.455 e. The average molecular weight is 429 g/mol. The van der Waals surface area contributed by atoms with Crippen LogP contribution >= 0.6 is 11.6 Å². The van der Waals surface area contributed by atoms with E-state index in [9.17, 15) is 9.59 Å². The highest BCUT2D eigenvalue weighted by Gasteiger charge is 2.37. The van der Waals surface area contributed by atoms with E-state index in [1.54, 1.807) is 48.5 Å². The van der Waals surface area contributed by atoms with Gasteiger partial charge in [0.05, 0.1) is 27.8 Å². The van der Waals surface area contributed by atoms with E-state index in [2.05, 4.69) is 0 Å². The normalized spacial score (nSPS) is 13.1. The van der Waals surface area contributed by atoms with Gasteiger partial charge in [-0.3, -0.25) is 0 Å². The minimum Gasteiger partial charge on any atom is -0.455 e. The fourth-order valence-electron chi connectivity index (χ4n) is 4.22. The van der Waals surface area contributed by atoms with Crippen LogP contribution in [-0.2, 0) is 0 Å². The van der Waals surface area contributed by atoms with Gasteiger partial charge in [0.25, 0.3) is 0 Å². The fraction of sp³-hybridized carbons (Fsp3) is 0.0400. The van der Waals surface area contributed by atoms with Gasteiger partial charge in [0, 0.05) is 5.02 Å². The summed E-state index contributed by atoms with van der Waals surface area (Å²) in [6.45, 7) is 0. The van der Waals surface area contributed by atoms with Gasteiger partial charge in [-0.1, -0.05) is 48.0 Å². The maximum atomic E-state index is 13.1. The Balaban J connectivity index is 1.79. The molecule has 6 rings (SSSR count). The van der Waals surface area contributed by atoms with E-state index in [-0.39, 0.29) is 11.1 Å². The van der Waals surface area contributed by atoms with Gasteiger partial charge in [-0.15, -0.1) is 0 Å². The molecule has 3 heterocycles. The first-order valence-electron chi connectivity index (χ1n) is 9.66. The lowest BCUT2D eigenvalue weighted by molar-refractivity contribution is 0.429. The van der Waals surface area contributed by atoms with Crippen LogP contribution in [0, 0.1) is 0 Å². The standard InChI is InChI=1S/C25H13ClO5/c26-14-11-9-13(10-12-14)19-20-22(15-5-1-3-7-17(15)29-24(20)27)31-23-16-6-2-4-8-18(16)30-25(28)21(19)23/h1-12,19H. The van der Waals surface area contributed by atoms with Crippen molar-refractivity contribution in [1.82, 2.24) is 0 Å². The molecule has 3 aromatic carbocycles. The number of hydrogen-bond acceptors (Lipinski definition) is 5. The lowest BCUT2D eigenvalue weighted by atomic mass is 9.83. The number of hydrogen-bond donors (Lipinski definition) is 0. The number of ether oxygens (including phenoxy) is 1. The second-order valence-corrected chi connectivity index (χ2v) is 7.78. The summed E-state index contributed by atoms with van der Waals surface area (Å²) < 4.78 is 17.5. The molecule has 150 valence electrons. The molecule has 0 saturated carbocycles. The molecule has 1 aliphatic heterocycles. The highest BCUT2D eigenvalue weighted by Crippen LogP contribution is 2.49. The lowest BCUT2D eigenvalue weighted by Gasteiger charge is -2.27. The molecule has 0 radical (unpaired) electrons. The van der Waals surface area contributed by atoms with Crippen LogP contribution in [0.25, 0.3) is 21.9 Å². The monoisotopic (exact) mass is 428 g/mol. The molecular formula is C25H13ClO5. The summed E-state index contributed by atoms with van der Waals surface area (Å²) in [5.41, 5.74) is 0.931. The van der Waals surface area contributed by atoms with Crippen LogP contribution in [0.5, 0.6) is 11.5 Å². The van der Waals surface area contributed by atoms with E-state index < -0.39 is 17.2 Å². The smallest absolute Gasteiger partial charge is 0.344 e. The quantitative estimate of drug-likeness (QED) is 0.308. The summed E-state index contributed by atoms with van der Waals surface area (Å²) in [5, 5.41) is 1.85. The van der Waals surface area contributed by atoms with Crippen molar-refractivity contribution < 1.29 is 13.6 Å². The Hall–Kier alpha value is -3.83. The SMILES string of the molecule is O=c1oc2ccccc2c2c1C(c1ccc(Cl)cc1)c1c(c3ccccc3oc1=O)O2. The molecule has 0 spiro atoms. The van der Waals surface area contributed by atoms with E-state index in [0.717, 1.165) is 0 Å². The van der Waals surface area contributed by atoms with Crippen molar-refractivity contribution >= 4 is 33.5 Å². The second kappa shape index (κ2) is 6.59. The van der Waals surface area contributed by atoms with Crippen molar-refractivity contribution in [2.24, 2.45) is 0 Å². The third kappa shape index (κ3) is 2.64. The summed E-state index contributed by atoms with van der Waals surface area (Å²) in [5.74, 6) is 0.0443. The Morgan fingerprint density at radius 2 is 1.13 bits per heavy atom. The lowest BCUT2D eigenvalue weighted by Crippen LogP contribution is -2.25. The Labute approximate surface area is 180 Å². The molecule has 5 aromatic rings. The molecule has 0 saturated heterocycles.